The molecular formula is C26H16F9N3O2. The minimum atomic E-state index is -2.29. The SMILES string of the molecule is Cc1nn(Cc2c(F)c(F)c(F)c(F)c2F)c(C)c1NC(=O)c1ccc(COc2c(F)c(F)cc(F)c2F)cc1. The summed E-state index contributed by atoms with van der Waals surface area (Å²) in [6.45, 7) is 1.52. The number of ether oxygens (including phenoxy) is 1. The van der Waals surface area contributed by atoms with Gasteiger partial charge < -0.3 is 10.1 Å². The first kappa shape index (κ1) is 28.5. The highest BCUT2D eigenvalue weighted by atomic mass is 19.2. The summed E-state index contributed by atoms with van der Waals surface area (Å²) in [5.41, 5.74) is -0.330. The van der Waals surface area contributed by atoms with Crippen molar-refractivity contribution in [1.82, 2.24) is 9.78 Å². The molecule has 0 bridgehead atoms. The molecule has 1 N–H and O–H groups in total. The van der Waals surface area contributed by atoms with E-state index >= 15 is 0 Å². The number of halogens is 9. The Hall–Kier alpha value is -4.49. The molecule has 0 aliphatic rings. The average molecular weight is 573 g/mol. The van der Waals surface area contributed by atoms with Gasteiger partial charge in [0.05, 0.1) is 29.2 Å². The largest absolute Gasteiger partial charge is 0.483 e. The van der Waals surface area contributed by atoms with E-state index in [1.807, 2.05) is 0 Å². The lowest BCUT2D eigenvalue weighted by Gasteiger charge is -2.11. The maximum atomic E-state index is 14.1. The number of benzene rings is 3. The summed E-state index contributed by atoms with van der Waals surface area (Å²) in [5.74, 6) is -19.1. The molecule has 1 amide bonds. The molecule has 0 saturated carbocycles. The Morgan fingerprint density at radius 3 is 1.88 bits per heavy atom. The van der Waals surface area contributed by atoms with E-state index in [2.05, 4.69) is 10.4 Å². The smallest absolute Gasteiger partial charge is 0.255 e. The van der Waals surface area contributed by atoms with Gasteiger partial charge in [-0.05, 0) is 31.5 Å². The predicted molar refractivity (Wildman–Crippen MR) is 122 cm³/mol. The normalized spacial score (nSPS) is 11.2. The molecule has 0 aliphatic carbocycles. The van der Waals surface area contributed by atoms with Crippen molar-refractivity contribution in [3.05, 3.63) is 111 Å². The first-order chi connectivity index (χ1) is 18.8. The zero-order valence-electron chi connectivity index (χ0n) is 20.4. The number of hydrogen-bond acceptors (Lipinski definition) is 3. The molecule has 0 aliphatic heterocycles. The fraction of sp³-hybridized carbons (Fsp3) is 0.154. The van der Waals surface area contributed by atoms with E-state index in [1.54, 1.807) is 0 Å². The Balaban J connectivity index is 1.48. The summed E-state index contributed by atoms with van der Waals surface area (Å²) in [4.78, 5) is 12.8. The van der Waals surface area contributed by atoms with Crippen LogP contribution in [0.5, 0.6) is 5.75 Å². The maximum absolute atomic E-state index is 14.1. The number of aromatic nitrogens is 2. The third-order valence-corrected chi connectivity index (χ3v) is 5.90. The van der Waals surface area contributed by atoms with Crippen molar-refractivity contribution < 1.29 is 49.0 Å². The van der Waals surface area contributed by atoms with Crippen molar-refractivity contribution >= 4 is 11.6 Å². The summed E-state index contributed by atoms with van der Waals surface area (Å²) in [6.07, 6.45) is 0. The van der Waals surface area contributed by atoms with E-state index in [0.717, 1.165) is 4.68 Å². The zero-order chi connectivity index (χ0) is 29.5. The summed E-state index contributed by atoms with van der Waals surface area (Å²) in [5, 5.41) is 6.54. The van der Waals surface area contributed by atoms with Crippen LogP contribution in [0.3, 0.4) is 0 Å². The van der Waals surface area contributed by atoms with Gasteiger partial charge in [-0.1, -0.05) is 12.1 Å². The highest BCUT2D eigenvalue weighted by Crippen LogP contribution is 2.28. The van der Waals surface area contributed by atoms with Crippen LogP contribution in [-0.2, 0) is 13.2 Å². The molecule has 1 aromatic heterocycles. The quantitative estimate of drug-likeness (QED) is 0.153. The summed E-state index contributed by atoms with van der Waals surface area (Å²) in [7, 11) is 0. The van der Waals surface area contributed by atoms with Gasteiger partial charge in [0.25, 0.3) is 5.91 Å². The number of nitrogens with zero attached hydrogens (tertiary/aromatic N) is 2. The van der Waals surface area contributed by atoms with Crippen molar-refractivity contribution in [2.75, 3.05) is 5.32 Å². The number of rotatable bonds is 7. The molecule has 0 saturated heterocycles. The minimum absolute atomic E-state index is 0.0388. The highest BCUT2D eigenvalue weighted by Gasteiger charge is 2.27. The number of nitrogens with one attached hydrogen (secondary N) is 1. The number of hydrogen-bond donors (Lipinski definition) is 1. The number of carbonyl (C=O) groups is 1. The Kier molecular flexibility index (Phi) is 7.80. The van der Waals surface area contributed by atoms with Gasteiger partial charge in [-0.15, -0.1) is 0 Å². The van der Waals surface area contributed by atoms with E-state index < -0.39 is 82.7 Å². The molecule has 0 unspecified atom stereocenters. The van der Waals surface area contributed by atoms with Crippen LogP contribution in [0.25, 0.3) is 0 Å². The van der Waals surface area contributed by atoms with E-state index in [-0.39, 0.29) is 34.3 Å². The van der Waals surface area contributed by atoms with Gasteiger partial charge in [-0.3, -0.25) is 9.48 Å². The van der Waals surface area contributed by atoms with E-state index in [9.17, 15) is 44.3 Å². The van der Waals surface area contributed by atoms with Crippen LogP contribution in [0, 0.1) is 66.2 Å². The van der Waals surface area contributed by atoms with Gasteiger partial charge >= 0.3 is 0 Å². The van der Waals surface area contributed by atoms with Crippen LogP contribution >= 0.6 is 0 Å². The van der Waals surface area contributed by atoms with Crippen molar-refractivity contribution in [3.8, 4) is 5.75 Å². The standard InChI is InChI=1S/C26H16F9N3O2/c1-10-24(11(2)38(37-10)8-14-17(29)21(33)23(35)22(34)18(14)30)36-26(39)13-5-3-12(4-6-13)9-40-25-19(31)15(27)7-16(28)20(25)32/h3-7H,8-9H2,1-2H3,(H,36,39). The third kappa shape index (κ3) is 5.20. The first-order valence-corrected chi connectivity index (χ1v) is 11.2. The van der Waals surface area contributed by atoms with Crippen molar-refractivity contribution in [2.24, 2.45) is 0 Å². The molecular weight excluding hydrogens is 557 g/mol. The molecule has 40 heavy (non-hydrogen) atoms. The number of amides is 1. The first-order valence-electron chi connectivity index (χ1n) is 11.2. The van der Waals surface area contributed by atoms with Crippen LogP contribution in [0.4, 0.5) is 45.2 Å². The van der Waals surface area contributed by atoms with E-state index in [0.29, 0.717) is 0 Å². The van der Waals surface area contributed by atoms with Gasteiger partial charge in [0, 0.05) is 11.6 Å². The molecule has 210 valence electrons. The molecule has 3 aromatic carbocycles. The van der Waals surface area contributed by atoms with Crippen LogP contribution in [0.15, 0.2) is 30.3 Å². The van der Waals surface area contributed by atoms with Crippen molar-refractivity contribution in [2.45, 2.75) is 27.0 Å². The highest BCUT2D eigenvalue weighted by molar-refractivity contribution is 6.04. The summed E-state index contributed by atoms with van der Waals surface area (Å²) >= 11 is 0. The molecule has 0 fully saturated rings. The Bertz CT molecular complexity index is 1580. The molecule has 4 rings (SSSR count). The van der Waals surface area contributed by atoms with Gasteiger partial charge in [0.2, 0.25) is 17.5 Å². The predicted octanol–water partition coefficient (Wildman–Crippen LogP) is 6.63. The maximum Gasteiger partial charge on any atom is 0.255 e. The third-order valence-electron chi connectivity index (χ3n) is 5.90. The Morgan fingerprint density at radius 1 is 0.800 bits per heavy atom. The molecule has 5 nitrogen and oxygen atoms in total. The number of aryl methyl sites for hydroxylation is 1. The molecule has 14 heteroatoms. The summed E-state index contributed by atoms with van der Waals surface area (Å²) < 4.78 is 129. The van der Waals surface area contributed by atoms with Crippen LogP contribution in [-0.4, -0.2) is 15.7 Å². The lowest BCUT2D eigenvalue weighted by atomic mass is 10.1. The average Bonchev–Trinajstić information content (AvgIpc) is 3.19. The molecule has 0 atom stereocenters. The van der Waals surface area contributed by atoms with Crippen LogP contribution in [0.1, 0.15) is 32.9 Å². The van der Waals surface area contributed by atoms with Gasteiger partial charge in [0.1, 0.15) is 6.61 Å². The second-order valence-electron chi connectivity index (χ2n) is 8.49. The minimum Gasteiger partial charge on any atom is -0.483 e. The second-order valence-corrected chi connectivity index (χ2v) is 8.49. The molecule has 0 radical (unpaired) electrons. The Labute approximate surface area is 219 Å². The van der Waals surface area contributed by atoms with Crippen molar-refractivity contribution in [1.29, 1.82) is 0 Å². The van der Waals surface area contributed by atoms with Gasteiger partial charge in [0.15, 0.2) is 40.7 Å². The van der Waals surface area contributed by atoms with Crippen molar-refractivity contribution in [3.63, 3.8) is 0 Å². The lowest BCUT2D eigenvalue weighted by molar-refractivity contribution is 0.102. The molecule has 1 heterocycles. The second kappa shape index (κ2) is 10.9. The zero-order valence-corrected chi connectivity index (χ0v) is 20.4. The molecule has 4 aromatic rings. The topological polar surface area (TPSA) is 56.2 Å². The fourth-order valence-corrected chi connectivity index (χ4v) is 3.74. The van der Waals surface area contributed by atoms with Gasteiger partial charge in [-0.25, -0.2) is 30.7 Å². The lowest BCUT2D eigenvalue weighted by Crippen LogP contribution is -2.14. The van der Waals surface area contributed by atoms with Gasteiger partial charge in [-0.2, -0.15) is 13.9 Å². The monoisotopic (exact) mass is 573 g/mol. The Morgan fingerprint density at radius 2 is 1.32 bits per heavy atom. The van der Waals surface area contributed by atoms with Crippen LogP contribution < -0.4 is 10.1 Å². The fourth-order valence-electron chi connectivity index (χ4n) is 3.74. The number of carbonyl (C=O) groups excluding carboxylic acids is 1. The van der Waals surface area contributed by atoms with Crippen LogP contribution in [0.2, 0.25) is 0 Å². The summed E-state index contributed by atoms with van der Waals surface area (Å²) in [6, 6.07) is 5.32. The van der Waals surface area contributed by atoms with E-state index in [4.69, 9.17) is 4.74 Å². The number of anilines is 1. The molecule has 0 spiro atoms. The van der Waals surface area contributed by atoms with E-state index in [1.165, 1.54) is 38.1 Å².